The zero-order chi connectivity index (χ0) is 12.1. The topological polar surface area (TPSA) is 49.7 Å². The second-order valence-electron chi connectivity index (χ2n) is 2.97. The largest absolute Gasteiger partial charge is 0.321 e. The number of carbonyl (C=O) groups is 2. The van der Waals surface area contributed by atoms with Crippen LogP contribution < -0.4 is 5.01 Å². The van der Waals surface area contributed by atoms with Crippen LogP contribution in [0.15, 0.2) is 35.4 Å². The van der Waals surface area contributed by atoms with Crippen LogP contribution in [0.25, 0.3) is 0 Å². The number of benzene rings is 1. The van der Waals surface area contributed by atoms with E-state index in [1.165, 1.54) is 6.92 Å². The molecule has 0 aromatic heterocycles. The van der Waals surface area contributed by atoms with E-state index in [4.69, 9.17) is 0 Å². The van der Waals surface area contributed by atoms with Gasteiger partial charge in [0.15, 0.2) is 0 Å². The molecule has 0 bridgehead atoms. The van der Waals surface area contributed by atoms with E-state index >= 15 is 0 Å². The van der Waals surface area contributed by atoms with Crippen molar-refractivity contribution < 1.29 is 9.59 Å². The van der Waals surface area contributed by atoms with Gasteiger partial charge in [0.1, 0.15) is 5.71 Å². The SMILES string of the molecule is CC.CC1=NN(c2ccccc2)C(=O)C1=O. The second kappa shape index (κ2) is 5.21. The first kappa shape index (κ1) is 12.1. The van der Waals surface area contributed by atoms with E-state index in [0.29, 0.717) is 5.69 Å². The van der Waals surface area contributed by atoms with Crippen molar-refractivity contribution in [2.75, 3.05) is 5.01 Å². The van der Waals surface area contributed by atoms with Crippen LogP contribution in [0.1, 0.15) is 20.8 Å². The minimum Gasteiger partial charge on any atom is -0.282 e. The highest BCUT2D eigenvalue weighted by Gasteiger charge is 2.31. The fraction of sp³-hybridized carbons (Fsp3) is 0.250. The minimum atomic E-state index is -0.589. The molecule has 16 heavy (non-hydrogen) atoms. The van der Waals surface area contributed by atoms with Gasteiger partial charge in [-0.05, 0) is 19.1 Å². The van der Waals surface area contributed by atoms with E-state index in [1.807, 2.05) is 19.9 Å². The van der Waals surface area contributed by atoms with E-state index < -0.39 is 11.7 Å². The Morgan fingerprint density at radius 2 is 1.62 bits per heavy atom. The van der Waals surface area contributed by atoms with Crippen LogP contribution in [-0.2, 0) is 9.59 Å². The third kappa shape index (κ3) is 2.16. The van der Waals surface area contributed by atoms with Gasteiger partial charge in [-0.25, -0.2) is 0 Å². The molecule has 2 rings (SSSR count). The molecule has 1 aromatic rings. The first-order chi connectivity index (χ1) is 7.70. The summed E-state index contributed by atoms with van der Waals surface area (Å²) in [5, 5.41) is 4.99. The Morgan fingerprint density at radius 3 is 2.06 bits per heavy atom. The molecule has 0 unspecified atom stereocenters. The van der Waals surface area contributed by atoms with Gasteiger partial charge in [-0.3, -0.25) is 9.59 Å². The fourth-order valence-electron chi connectivity index (χ4n) is 1.24. The second-order valence-corrected chi connectivity index (χ2v) is 2.97. The molecule has 84 valence electrons. The fourth-order valence-corrected chi connectivity index (χ4v) is 1.24. The Morgan fingerprint density at radius 1 is 1.06 bits per heavy atom. The molecular formula is C12H14N2O2. The standard InChI is InChI=1S/C10H8N2O2.C2H6/c1-7-9(13)10(14)12(11-7)8-5-3-2-4-6-8;1-2/h2-6H,1H3;1-2H3. The van der Waals surface area contributed by atoms with Crippen LogP contribution in [-0.4, -0.2) is 17.4 Å². The average Bonchev–Trinajstić information content (AvgIpc) is 2.61. The molecule has 0 aliphatic carbocycles. The van der Waals surface area contributed by atoms with Crippen molar-refractivity contribution in [3.05, 3.63) is 30.3 Å². The number of nitrogens with zero attached hydrogens (tertiary/aromatic N) is 2. The number of hydrogen-bond donors (Lipinski definition) is 0. The van der Waals surface area contributed by atoms with Gasteiger partial charge in [0.05, 0.1) is 5.69 Å². The quantitative estimate of drug-likeness (QED) is 0.677. The monoisotopic (exact) mass is 218 g/mol. The van der Waals surface area contributed by atoms with Gasteiger partial charge < -0.3 is 0 Å². The van der Waals surface area contributed by atoms with Crippen molar-refractivity contribution in [3.8, 4) is 0 Å². The first-order valence-electron chi connectivity index (χ1n) is 5.19. The summed E-state index contributed by atoms with van der Waals surface area (Å²) >= 11 is 0. The molecule has 0 saturated carbocycles. The molecule has 4 heteroatoms. The van der Waals surface area contributed by atoms with Crippen LogP contribution in [0.4, 0.5) is 5.69 Å². The van der Waals surface area contributed by atoms with E-state index in [0.717, 1.165) is 5.01 Å². The number of carbonyl (C=O) groups excluding carboxylic acids is 2. The number of Topliss-reactive ketones (excluding diaryl/α,β-unsaturated/α-hetero) is 1. The van der Waals surface area contributed by atoms with Crippen LogP contribution in [0.2, 0.25) is 0 Å². The van der Waals surface area contributed by atoms with Crippen LogP contribution in [0.5, 0.6) is 0 Å². The normalized spacial score (nSPS) is 14.4. The van der Waals surface area contributed by atoms with E-state index in [9.17, 15) is 9.59 Å². The lowest BCUT2D eigenvalue weighted by Gasteiger charge is -2.09. The maximum atomic E-state index is 11.4. The van der Waals surface area contributed by atoms with Gasteiger partial charge >= 0.3 is 5.91 Å². The van der Waals surface area contributed by atoms with Gasteiger partial charge in [-0.15, -0.1) is 0 Å². The zero-order valence-electron chi connectivity index (χ0n) is 9.60. The summed E-state index contributed by atoms with van der Waals surface area (Å²) in [6.07, 6.45) is 0. The molecule has 0 fully saturated rings. The van der Waals surface area contributed by atoms with Crippen molar-refractivity contribution in [3.63, 3.8) is 0 Å². The van der Waals surface area contributed by atoms with Crippen LogP contribution >= 0.6 is 0 Å². The van der Waals surface area contributed by atoms with E-state index in [1.54, 1.807) is 24.3 Å². The smallest absolute Gasteiger partial charge is 0.282 e. The highest BCUT2D eigenvalue weighted by molar-refractivity contribution is 6.69. The molecule has 1 amide bonds. The van der Waals surface area contributed by atoms with E-state index in [-0.39, 0.29) is 5.71 Å². The number of anilines is 1. The number of para-hydroxylation sites is 1. The number of hydrogen-bond acceptors (Lipinski definition) is 3. The number of rotatable bonds is 1. The van der Waals surface area contributed by atoms with E-state index in [2.05, 4.69) is 5.10 Å². The molecule has 4 nitrogen and oxygen atoms in total. The highest BCUT2D eigenvalue weighted by Crippen LogP contribution is 2.17. The Labute approximate surface area is 94.6 Å². The summed E-state index contributed by atoms with van der Waals surface area (Å²) in [6, 6.07) is 8.87. The van der Waals surface area contributed by atoms with Gasteiger partial charge in [0.25, 0.3) is 5.78 Å². The molecule has 0 spiro atoms. The zero-order valence-corrected chi connectivity index (χ0v) is 9.60. The summed E-state index contributed by atoms with van der Waals surface area (Å²) in [4.78, 5) is 22.5. The maximum absolute atomic E-state index is 11.4. The predicted molar refractivity (Wildman–Crippen MR) is 63.4 cm³/mol. The predicted octanol–water partition coefficient (Wildman–Crippen LogP) is 2.00. The molecule has 1 aliphatic heterocycles. The third-order valence-corrected chi connectivity index (χ3v) is 1.97. The minimum absolute atomic E-state index is 0.235. The maximum Gasteiger partial charge on any atom is 0.321 e. The molecule has 0 N–H and O–H groups in total. The number of ketones is 1. The Balaban J connectivity index is 0.000000606. The van der Waals surface area contributed by atoms with Gasteiger partial charge in [0.2, 0.25) is 0 Å². The molecule has 0 saturated heterocycles. The lowest BCUT2D eigenvalue weighted by atomic mass is 10.2. The van der Waals surface area contributed by atoms with Crippen molar-refractivity contribution in [2.45, 2.75) is 20.8 Å². The number of amides is 1. The van der Waals surface area contributed by atoms with Gasteiger partial charge in [0, 0.05) is 0 Å². The van der Waals surface area contributed by atoms with Crippen molar-refractivity contribution in [1.82, 2.24) is 0 Å². The van der Waals surface area contributed by atoms with Crippen LogP contribution in [0, 0.1) is 0 Å². The molecule has 1 heterocycles. The molecule has 1 aliphatic rings. The van der Waals surface area contributed by atoms with Crippen molar-refractivity contribution in [2.24, 2.45) is 5.10 Å². The molecule has 1 aromatic carbocycles. The first-order valence-corrected chi connectivity index (χ1v) is 5.19. The highest BCUT2D eigenvalue weighted by atomic mass is 16.2. The molecule has 0 radical (unpaired) electrons. The Bertz CT molecular complexity index is 424. The summed E-state index contributed by atoms with van der Waals surface area (Å²) in [7, 11) is 0. The van der Waals surface area contributed by atoms with Crippen molar-refractivity contribution in [1.29, 1.82) is 0 Å². The van der Waals surface area contributed by atoms with Gasteiger partial charge in [-0.2, -0.15) is 10.1 Å². The summed E-state index contributed by atoms with van der Waals surface area (Å²) in [6.45, 7) is 5.53. The average molecular weight is 218 g/mol. The summed E-state index contributed by atoms with van der Waals surface area (Å²) < 4.78 is 0. The lowest BCUT2D eigenvalue weighted by molar-refractivity contribution is -0.131. The Kier molecular flexibility index (Phi) is 3.94. The van der Waals surface area contributed by atoms with Crippen molar-refractivity contribution >= 4 is 23.1 Å². The lowest BCUT2D eigenvalue weighted by Crippen LogP contribution is -2.26. The molecular weight excluding hydrogens is 204 g/mol. The third-order valence-electron chi connectivity index (χ3n) is 1.97. The summed E-state index contributed by atoms with van der Waals surface area (Å²) in [5.74, 6) is -1.12. The summed E-state index contributed by atoms with van der Waals surface area (Å²) in [5.41, 5.74) is 0.849. The molecule has 0 atom stereocenters. The number of hydrazone groups is 1. The van der Waals surface area contributed by atoms with Gasteiger partial charge in [-0.1, -0.05) is 32.0 Å². The van der Waals surface area contributed by atoms with Crippen LogP contribution in [0.3, 0.4) is 0 Å². The Hall–Kier alpha value is -1.97.